The lowest BCUT2D eigenvalue weighted by Gasteiger charge is -2.31. The Hall–Kier alpha value is -3.05. The number of carbonyl (C=O) groups is 2. The van der Waals surface area contributed by atoms with Gasteiger partial charge in [-0.15, -0.1) is 11.8 Å². The number of benzene rings is 3. The molecule has 1 unspecified atom stereocenters. The van der Waals surface area contributed by atoms with Crippen LogP contribution in [0.2, 0.25) is 0 Å². The van der Waals surface area contributed by atoms with Crippen LogP contribution in [0, 0.1) is 13.8 Å². The van der Waals surface area contributed by atoms with Gasteiger partial charge >= 0.3 is 0 Å². The zero-order chi connectivity index (χ0) is 23.6. The molecule has 0 bridgehead atoms. The normalized spacial score (nSPS) is 11.6. The lowest BCUT2D eigenvalue weighted by molar-refractivity contribution is -0.139. The summed E-state index contributed by atoms with van der Waals surface area (Å²) in [5.41, 5.74) is 5.62. The van der Waals surface area contributed by atoms with Gasteiger partial charge in [0.25, 0.3) is 0 Å². The highest BCUT2D eigenvalue weighted by molar-refractivity contribution is 7.99. The largest absolute Gasteiger partial charge is 0.357 e. The number of carbonyl (C=O) groups excluding carboxylic acids is 2. The molecule has 0 saturated heterocycles. The Bertz CT molecular complexity index is 1050. The van der Waals surface area contributed by atoms with E-state index in [0.717, 1.165) is 22.4 Å². The van der Waals surface area contributed by atoms with Gasteiger partial charge in [-0.3, -0.25) is 9.59 Å². The van der Waals surface area contributed by atoms with Crippen molar-refractivity contribution in [3.8, 4) is 0 Å². The van der Waals surface area contributed by atoms with Crippen molar-refractivity contribution >= 4 is 23.6 Å². The second-order valence-electron chi connectivity index (χ2n) is 8.31. The summed E-state index contributed by atoms with van der Waals surface area (Å²) < 4.78 is 0. The van der Waals surface area contributed by atoms with Crippen molar-refractivity contribution in [2.45, 2.75) is 38.6 Å². The minimum absolute atomic E-state index is 0.0299. The highest BCUT2D eigenvalue weighted by Gasteiger charge is 2.29. The van der Waals surface area contributed by atoms with E-state index in [1.807, 2.05) is 67.6 Å². The highest BCUT2D eigenvalue weighted by Crippen LogP contribution is 2.19. The molecule has 2 amide bonds. The van der Waals surface area contributed by atoms with Crippen LogP contribution in [0.4, 0.5) is 0 Å². The summed E-state index contributed by atoms with van der Waals surface area (Å²) in [6.07, 6.45) is 0.473. The molecule has 33 heavy (non-hydrogen) atoms. The molecule has 1 N–H and O–H groups in total. The zero-order valence-electron chi connectivity index (χ0n) is 19.6. The molecule has 0 heterocycles. The monoisotopic (exact) mass is 460 g/mol. The molecule has 3 rings (SSSR count). The van der Waals surface area contributed by atoms with Crippen LogP contribution in [-0.2, 0) is 28.3 Å². The molecule has 0 radical (unpaired) electrons. The predicted octanol–water partition coefficient (Wildman–Crippen LogP) is 4.92. The lowest BCUT2D eigenvalue weighted by atomic mass is 10.0. The maximum absolute atomic E-state index is 13.4. The van der Waals surface area contributed by atoms with E-state index in [9.17, 15) is 9.59 Å². The molecule has 3 aromatic carbocycles. The maximum Gasteiger partial charge on any atom is 0.242 e. The van der Waals surface area contributed by atoms with Gasteiger partial charge in [0.05, 0.1) is 5.75 Å². The summed E-state index contributed by atoms with van der Waals surface area (Å²) in [5.74, 6) is 0.901. The van der Waals surface area contributed by atoms with Gasteiger partial charge in [0.15, 0.2) is 0 Å². The number of aryl methyl sites for hydroxylation is 2. The van der Waals surface area contributed by atoms with Crippen LogP contribution in [0.1, 0.15) is 27.8 Å². The predicted molar refractivity (Wildman–Crippen MR) is 137 cm³/mol. The standard InChI is InChI=1S/C28H32N2O2S/c1-21-12-14-24(15-13-21)18-30(26(28(32)29-3)17-23-9-5-4-6-10-23)27(31)20-33-19-25-11-7-8-22(2)16-25/h4-16,26H,17-20H2,1-3H3,(H,29,32). The number of nitrogens with one attached hydrogen (secondary N) is 1. The van der Waals surface area contributed by atoms with E-state index in [1.165, 1.54) is 11.1 Å². The van der Waals surface area contributed by atoms with Crippen LogP contribution in [0.5, 0.6) is 0 Å². The number of nitrogens with zero attached hydrogens (tertiary/aromatic N) is 1. The molecule has 172 valence electrons. The first-order valence-corrected chi connectivity index (χ1v) is 12.4. The van der Waals surface area contributed by atoms with Crippen molar-refractivity contribution in [2.75, 3.05) is 12.8 Å². The fourth-order valence-corrected chi connectivity index (χ4v) is 4.61. The molecule has 3 aromatic rings. The van der Waals surface area contributed by atoms with Gasteiger partial charge < -0.3 is 10.2 Å². The average molecular weight is 461 g/mol. The molecule has 0 saturated carbocycles. The Balaban J connectivity index is 1.80. The molecule has 4 nitrogen and oxygen atoms in total. The third-order valence-electron chi connectivity index (χ3n) is 5.57. The summed E-state index contributed by atoms with van der Waals surface area (Å²) in [5, 5.41) is 2.76. The summed E-state index contributed by atoms with van der Waals surface area (Å²) in [6, 6.07) is 25.7. The maximum atomic E-state index is 13.4. The van der Waals surface area contributed by atoms with E-state index < -0.39 is 6.04 Å². The lowest BCUT2D eigenvalue weighted by Crippen LogP contribution is -2.50. The SMILES string of the molecule is CNC(=O)C(Cc1ccccc1)N(Cc1ccc(C)cc1)C(=O)CSCc1cccc(C)c1. The highest BCUT2D eigenvalue weighted by atomic mass is 32.2. The summed E-state index contributed by atoms with van der Waals surface area (Å²) in [7, 11) is 1.63. The Morgan fingerprint density at radius 2 is 1.55 bits per heavy atom. The Kier molecular flexibility index (Phi) is 9.14. The van der Waals surface area contributed by atoms with Crippen molar-refractivity contribution < 1.29 is 9.59 Å². The summed E-state index contributed by atoms with van der Waals surface area (Å²) in [4.78, 5) is 28.1. The Labute approximate surface area is 201 Å². The Morgan fingerprint density at radius 1 is 0.848 bits per heavy atom. The number of hydrogen-bond acceptors (Lipinski definition) is 3. The topological polar surface area (TPSA) is 49.4 Å². The second-order valence-corrected chi connectivity index (χ2v) is 9.29. The first-order chi connectivity index (χ1) is 16.0. The first kappa shape index (κ1) is 24.6. The number of likely N-dealkylation sites (N-methyl/N-ethyl adjacent to an activating group) is 1. The van der Waals surface area contributed by atoms with Crippen LogP contribution in [-0.4, -0.2) is 35.6 Å². The minimum Gasteiger partial charge on any atom is -0.357 e. The van der Waals surface area contributed by atoms with E-state index >= 15 is 0 Å². The van der Waals surface area contributed by atoms with Crippen LogP contribution < -0.4 is 5.32 Å². The number of rotatable bonds is 10. The van der Waals surface area contributed by atoms with Crippen molar-refractivity contribution in [1.29, 1.82) is 0 Å². The minimum atomic E-state index is -0.578. The summed E-state index contributed by atoms with van der Waals surface area (Å²) in [6.45, 7) is 4.51. The third kappa shape index (κ3) is 7.50. The van der Waals surface area contributed by atoms with Gasteiger partial charge in [-0.1, -0.05) is 90.0 Å². The molecule has 0 aliphatic rings. The number of thioether (sulfide) groups is 1. The fourth-order valence-electron chi connectivity index (χ4n) is 3.75. The van der Waals surface area contributed by atoms with Gasteiger partial charge in [0.1, 0.15) is 6.04 Å². The molecule has 0 spiro atoms. The molecule has 0 aliphatic heterocycles. The zero-order valence-corrected chi connectivity index (χ0v) is 20.4. The number of amides is 2. The molecular formula is C28H32N2O2S. The van der Waals surface area contributed by atoms with Gasteiger partial charge in [0, 0.05) is 25.8 Å². The molecular weight excluding hydrogens is 428 g/mol. The van der Waals surface area contributed by atoms with Gasteiger partial charge in [-0.2, -0.15) is 0 Å². The van der Waals surface area contributed by atoms with E-state index in [-0.39, 0.29) is 11.8 Å². The molecule has 0 aliphatic carbocycles. The molecule has 0 aromatic heterocycles. The molecule has 5 heteroatoms. The number of hydrogen-bond donors (Lipinski definition) is 1. The van der Waals surface area contributed by atoms with E-state index in [0.29, 0.717) is 18.7 Å². The third-order valence-corrected chi connectivity index (χ3v) is 6.56. The fraction of sp³-hybridized carbons (Fsp3) is 0.286. The first-order valence-electron chi connectivity index (χ1n) is 11.2. The van der Waals surface area contributed by atoms with Crippen LogP contribution in [0.3, 0.4) is 0 Å². The van der Waals surface area contributed by atoms with Crippen molar-refractivity contribution in [3.63, 3.8) is 0 Å². The van der Waals surface area contributed by atoms with Crippen LogP contribution in [0.15, 0.2) is 78.9 Å². The van der Waals surface area contributed by atoms with Gasteiger partial charge in [-0.25, -0.2) is 0 Å². The van der Waals surface area contributed by atoms with Crippen LogP contribution >= 0.6 is 11.8 Å². The Morgan fingerprint density at radius 3 is 2.21 bits per heavy atom. The van der Waals surface area contributed by atoms with Crippen LogP contribution in [0.25, 0.3) is 0 Å². The molecule has 0 fully saturated rings. The van der Waals surface area contributed by atoms with E-state index in [4.69, 9.17) is 0 Å². The van der Waals surface area contributed by atoms with Crippen molar-refractivity contribution in [3.05, 3.63) is 107 Å². The van der Waals surface area contributed by atoms with Crippen molar-refractivity contribution in [1.82, 2.24) is 10.2 Å². The van der Waals surface area contributed by atoms with Gasteiger partial charge in [-0.05, 0) is 30.5 Å². The molecule has 1 atom stereocenters. The smallest absolute Gasteiger partial charge is 0.242 e. The quantitative estimate of drug-likeness (QED) is 0.467. The average Bonchev–Trinajstić information content (AvgIpc) is 2.82. The van der Waals surface area contributed by atoms with E-state index in [2.05, 4.69) is 30.4 Å². The van der Waals surface area contributed by atoms with E-state index in [1.54, 1.807) is 23.7 Å². The van der Waals surface area contributed by atoms with Crippen molar-refractivity contribution in [2.24, 2.45) is 0 Å². The summed E-state index contributed by atoms with van der Waals surface area (Å²) >= 11 is 1.58. The second kappa shape index (κ2) is 12.3. The van der Waals surface area contributed by atoms with Gasteiger partial charge in [0.2, 0.25) is 11.8 Å².